The maximum absolute atomic E-state index is 13.1. The van der Waals surface area contributed by atoms with Crippen LogP contribution >= 0.6 is 0 Å². The van der Waals surface area contributed by atoms with Gasteiger partial charge in [0.1, 0.15) is 16.9 Å². The lowest BCUT2D eigenvalue weighted by Crippen LogP contribution is -2.11. The molecular weight excluding hydrogens is 463 g/mol. The van der Waals surface area contributed by atoms with E-state index in [0.29, 0.717) is 6.54 Å². The van der Waals surface area contributed by atoms with E-state index in [0.717, 1.165) is 18.3 Å². The van der Waals surface area contributed by atoms with Crippen LogP contribution in [-0.2, 0) is 23.1 Å². The molecule has 0 spiro atoms. The molecule has 0 bridgehead atoms. The summed E-state index contributed by atoms with van der Waals surface area (Å²) in [5, 5.41) is 14.4. The lowest BCUT2D eigenvalue weighted by atomic mass is 10.2. The zero-order chi connectivity index (χ0) is 24.4. The number of halogens is 3. The Balaban J connectivity index is 2.27. The Morgan fingerprint density at radius 2 is 1.91 bits per heavy atom. The first-order valence-corrected chi connectivity index (χ1v) is 11.2. The summed E-state index contributed by atoms with van der Waals surface area (Å²) >= 11 is 0. The molecule has 11 nitrogen and oxygen atoms in total. The molecule has 2 N–H and O–H groups in total. The minimum atomic E-state index is -4.58. The monoisotopic (exact) mass is 482 g/mol. The zero-order valence-electron chi connectivity index (χ0n) is 17.7. The Kier molecular flexibility index (Phi) is 6.56. The first kappa shape index (κ1) is 23.9. The molecule has 0 atom stereocenters. The van der Waals surface area contributed by atoms with Gasteiger partial charge in [-0.15, -0.1) is 10.2 Å². The highest BCUT2D eigenvalue weighted by Crippen LogP contribution is 2.35. The fourth-order valence-electron chi connectivity index (χ4n) is 2.97. The Bertz CT molecular complexity index is 1350. The summed E-state index contributed by atoms with van der Waals surface area (Å²) in [5.74, 6) is -0.372. The smallest absolute Gasteiger partial charge is 0.382 e. The Morgan fingerprint density at radius 3 is 2.52 bits per heavy atom. The van der Waals surface area contributed by atoms with Crippen LogP contribution in [0, 0.1) is 5.53 Å². The summed E-state index contributed by atoms with van der Waals surface area (Å²) in [4.78, 5) is 11.0. The standard InChI is InChI=1S/C18H18F3N9O2S/c1-4-23-11-9-13(33(31,32)5-2)14(25-15(11)26-29-22)17-28-27-16(30(17)3)12-8-10(6-7-24-12)18(19,20)21/h6-9,22H,4-5H2,1-3H3/p+1. The summed E-state index contributed by atoms with van der Waals surface area (Å²) in [6.07, 6.45) is -3.59. The van der Waals surface area contributed by atoms with Crippen molar-refractivity contribution >= 4 is 21.3 Å². The molecule has 0 unspecified atom stereocenters. The van der Waals surface area contributed by atoms with Crippen molar-refractivity contribution in [1.29, 1.82) is 5.53 Å². The quantitative estimate of drug-likeness (QED) is 0.387. The van der Waals surface area contributed by atoms with Gasteiger partial charge < -0.3 is 9.88 Å². The third kappa shape index (κ3) is 4.73. The Morgan fingerprint density at radius 1 is 1.21 bits per heavy atom. The van der Waals surface area contributed by atoms with Crippen molar-refractivity contribution in [2.24, 2.45) is 12.2 Å². The maximum Gasteiger partial charge on any atom is 0.416 e. The van der Waals surface area contributed by atoms with Gasteiger partial charge in [0, 0.05) is 19.8 Å². The lowest BCUT2D eigenvalue weighted by molar-refractivity contribution is -0.137. The first-order chi connectivity index (χ1) is 15.5. The van der Waals surface area contributed by atoms with Crippen LogP contribution in [0.5, 0.6) is 0 Å². The van der Waals surface area contributed by atoms with Crippen molar-refractivity contribution in [2.75, 3.05) is 17.6 Å². The minimum Gasteiger partial charge on any atom is -0.382 e. The second-order valence-corrected chi connectivity index (χ2v) is 8.92. The molecular formula is C18H19F3N9O2S+. The minimum absolute atomic E-state index is 0.0304. The SMILES string of the molecule is CCNc1cc(S(=O)(=O)CC)c(-c2nnc(-c3cc(C(F)(F)F)ccn3)n2C)nc1N=[N+]=N. The molecule has 0 aliphatic heterocycles. The predicted molar refractivity (Wildman–Crippen MR) is 111 cm³/mol. The molecule has 0 saturated heterocycles. The van der Waals surface area contributed by atoms with Gasteiger partial charge in [0.2, 0.25) is 4.91 Å². The molecule has 0 aliphatic rings. The van der Waals surface area contributed by atoms with Crippen molar-refractivity contribution < 1.29 is 21.6 Å². The largest absolute Gasteiger partial charge is 0.416 e. The third-order valence-corrected chi connectivity index (χ3v) is 6.34. The summed E-state index contributed by atoms with van der Waals surface area (Å²) in [6.45, 7) is 3.65. The molecule has 0 radical (unpaired) electrons. The van der Waals surface area contributed by atoms with Gasteiger partial charge in [0.05, 0.1) is 21.9 Å². The van der Waals surface area contributed by atoms with Crippen molar-refractivity contribution in [1.82, 2.24) is 29.6 Å². The van der Waals surface area contributed by atoms with Crippen LogP contribution in [0.15, 0.2) is 34.4 Å². The highest BCUT2D eigenvalue weighted by molar-refractivity contribution is 7.91. The van der Waals surface area contributed by atoms with E-state index < -0.39 is 21.6 Å². The van der Waals surface area contributed by atoms with Crippen LogP contribution in [-0.4, -0.2) is 45.4 Å². The second kappa shape index (κ2) is 9.03. The predicted octanol–water partition coefficient (Wildman–Crippen LogP) is 3.37. The van der Waals surface area contributed by atoms with Gasteiger partial charge in [-0.1, -0.05) is 6.92 Å². The van der Waals surface area contributed by atoms with E-state index in [4.69, 9.17) is 5.53 Å². The van der Waals surface area contributed by atoms with Gasteiger partial charge in [0.15, 0.2) is 26.6 Å². The van der Waals surface area contributed by atoms with E-state index in [1.54, 1.807) is 6.92 Å². The van der Waals surface area contributed by atoms with Gasteiger partial charge in [-0.25, -0.2) is 13.4 Å². The molecule has 3 heterocycles. The maximum atomic E-state index is 13.1. The fourth-order valence-corrected chi connectivity index (χ4v) is 4.01. The molecule has 3 aromatic rings. The van der Waals surface area contributed by atoms with Crippen molar-refractivity contribution in [3.05, 3.63) is 30.0 Å². The van der Waals surface area contributed by atoms with Crippen LogP contribution in [0.1, 0.15) is 19.4 Å². The number of nitrogens with zero attached hydrogens (tertiary/aromatic N) is 7. The molecule has 3 aromatic heterocycles. The van der Waals surface area contributed by atoms with Gasteiger partial charge in [0.25, 0.3) is 5.82 Å². The summed E-state index contributed by atoms with van der Waals surface area (Å²) in [5.41, 5.74) is 6.11. The number of rotatable bonds is 7. The molecule has 0 saturated carbocycles. The topological polar surface area (TPSA) is 153 Å². The number of anilines is 1. The number of hydrogen-bond acceptors (Lipinski definition) is 9. The fraction of sp³-hybridized carbons (Fsp3) is 0.333. The summed E-state index contributed by atoms with van der Waals surface area (Å²) in [6, 6.07) is 2.95. The van der Waals surface area contributed by atoms with Crippen LogP contribution in [0.25, 0.3) is 23.0 Å². The number of nitrogens with one attached hydrogen (secondary N) is 2. The molecule has 174 valence electrons. The molecule has 0 aromatic carbocycles. The van der Waals surface area contributed by atoms with E-state index in [-0.39, 0.29) is 45.2 Å². The highest BCUT2D eigenvalue weighted by Gasteiger charge is 2.32. The molecule has 15 heteroatoms. The van der Waals surface area contributed by atoms with E-state index in [1.165, 1.54) is 24.6 Å². The number of sulfone groups is 1. The molecule has 3 rings (SSSR count). The number of hydrogen-bond donors (Lipinski definition) is 2. The Labute approximate surface area is 186 Å². The molecule has 0 aliphatic carbocycles. The number of alkyl halides is 3. The van der Waals surface area contributed by atoms with E-state index in [1.807, 2.05) is 0 Å². The van der Waals surface area contributed by atoms with Crippen molar-refractivity contribution in [2.45, 2.75) is 24.9 Å². The van der Waals surface area contributed by atoms with Crippen molar-refractivity contribution in [3.8, 4) is 23.0 Å². The average Bonchev–Trinajstić information content (AvgIpc) is 3.15. The van der Waals surface area contributed by atoms with Gasteiger partial charge in [-0.05, 0) is 25.1 Å². The molecule has 0 fully saturated rings. The van der Waals surface area contributed by atoms with Gasteiger partial charge >= 0.3 is 6.18 Å². The average molecular weight is 482 g/mol. The molecule has 33 heavy (non-hydrogen) atoms. The third-order valence-electron chi connectivity index (χ3n) is 4.60. The normalized spacial score (nSPS) is 11.8. The summed E-state index contributed by atoms with van der Waals surface area (Å²) in [7, 11) is -2.37. The zero-order valence-corrected chi connectivity index (χ0v) is 18.5. The van der Waals surface area contributed by atoms with Crippen LogP contribution in [0.3, 0.4) is 0 Å². The Hall–Kier alpha value is -3.71. The van der Waals surface area contributed by atoms with E-state index >= 15 is 0 Å². The van der Waals surface area contributed by atoms with E-state index in [9.17, 15) is 21.6 Å². The van der Waals surface area contributed by atoms with Crippen LogP contribution < -0.4 is 10.2 Å². The van der Waals surface area contributed by atoms with E-state index in [2.05, 4.69) is 35.5 Å². The highest BCUT2D eigenvalue weighted by atomic mass is 32.2. The van der Waals surface area contributed by atoms with Gasteiger partial charge in [-0.3, -0.25) is 4.98 Å². The van der Waals surface area contributed by atoms with Gasteiger partial charge in [-0.2, -0.15) is 13.2 Å². The lowest BCUT2D eigenvalue weighted by Gasteiger charge is -2.12. The number of pyridine rings is 2. The molecule has 0 amide bonds. The first-order valence-electron chi connectivity index (χ1n) is 9.56. The van der Waals surface area contributed by atoms with Crippen LogP contribution in [0.4, 0.5) is 24.7 Å². The number of aromatic nitrogens is 5. The van der Waals surface area contributed by atoms with Crippen LogP contribution in [0.2, 0.25) is 0 Å². The summed E-state index contributed by atoms with van der Waals surface area (Å²) < 4.78 is 66.2. The van der Waals surface area contributed by atoms with Crippen molar-refractivity contribution in [3.63, 3.8) is 0 Å². The second-order valence-electron chi connectivity index (χ2n) is 6.67.